The maximum atomic E-state index is 12.1. The highest BCUT2D eigenvalue weighted by molar-refractivity contribution is 5.85. The molecule has 1 aromatic carbocycles. The molecule has 1 amide bonds. The van der Waals surface area contributed by atoms with Crippen LogP contribution >= 0.6 is 12.4 Å². The first kappa shape index (κ1) is 17.4. The molecule has 3 N–H and O–H groups in total. The Kier molecular flexibility index (Phi) is 6.09. The lowest BCUT2D eigenvalue weighted by Crippen LogP contribution is -2.35. The molecule has 0 spiro atoms. The number of amides is 1. The third-order valence-electron chi connectivity index (χ3n) is 3.74. The number of carbonyl (C=O) groups excluding carboxylic acids is 1. The Morgan fingerprint density at radius 3 is 2.83 bits per heavy atom. The molecule has 0 saturated carbocycles. The Morgan fingerprint density at radius 2 is 2.13 bits per heavy atom. The summed E-state index contributed by atoms with van der Waals surface area (Å²) >= 11 is 0. The Balaban J connectivity index is 0.00000192. The van der Waals surface area contributed by atoms with Crippen LogP contribution in [0.25, 0.3) is 5.69 Å². The van der Waals surface area contributed by atoms with Gasteiger partial charge < -0.3 is 15.8 Å². The Bertz CT molecular complexity index is 634. The van der Waals surface area contributed by atoms with Crippen molar-refractivity contribution in [3.05, 3.63) is 42.5 Å². The number of para-hydroxylation sites is 1. The average molecular weight is 338 g/mol. The molecule has 2 aromatic rings. The van der Waals surface area contributed by atoms with Crippen molar-refractivity contribution in [3.8, 4) is 5.69 Å². The SMILES string of the molecule is Cl.NC[C@H]1CC[C@@H](C(=O)NCc2nncn2-c2ccccc2)O1. The number of ether oxygens (including phenoxy) is 1. The van der Waals surface area contributed by atoms with Gasteiger partial charge in [0.15, 0.2) is 5.82 Å². The molecule has 8 heteroatoms. The van der Waals surface area contributed by atoms with E-state index in [-0.39, 0.29) is 24.4 Å². The van der Waals surface area contributed by atoms with E-state index < -0.39 is 6.10 Å². The van der Waals surface area contributed by atoms with Gasteiger partial charge in [0.1, 0.15) is 12.4 Å². The molecule has 23 heavy (non-hydrogen) atoms. The fourth-order valence-corrected chi connectivity index (χ4v) is 2.54. The summed E-state index contributed by atoms with van der Waals surface area (Å²) < 4.78 is 7.42. The first-order chi connectivity index (χ1) is 10.8. The molecule has 7 nitrogen and oxygen atoms in total. The minimum absolute atomic E-state index is 0. The highest BCUT2D eigenvalue weighted by atomic mass is 35.5. The third-order valence-corrected chi connectivity index (χ3v) is 3.74. The van der Waals surface area contributed by atoms with Crippen LogP contribution in [0.4, 0.5) is 0 Å². The van der Waals surface area contributed by atoms with Crippen LogP contribution in [0.1, 0.15) is 18.7 Å². The van der Waals surface area contributed by atoms with Gasteiger partial charge in [-0.25, -0.2) is 0 Å². The maximum absolute atomic E-state index is 12.1. The molecule has 1 aliphatic rings. The van der Waals surface area contributed by atoms with Gasteiger partial charge in [0.2, 0.25) is 5.91 Å². The van der Waals surface area contributed by atoms with Crippen molar-refractivity contribution in [2.75, 3.05) is 6.54 Å². The molecule has 0 bridgehead atoms. The van der Waals surface area contributed by atoms with Crippen molar-refractivity contribution in [1.29, 1.82) is 0 Å². The number of rotatable bonds is 5. The first-order valence-electron chi connectivity index (χ1n) is 7.35. The summed E-state index contributed by atoms with van der Waals surface area (Å²) in [7, 11) is 0. The summed E-state index contributed by atoms with van der Waals surface area (Å²) in [5, 5.41) is 10.8. The molecule has 1 fully saturated rings. The highest BCUT2D eigenvalue weighted by Crippen LogP contribution is 2.19. The number of nitrogens with two attached hydrogens (primary N) is 1. The van der Waals surface area contributed by atoms with E-state index in [1.165, 1.54) is 0 Å². The topological polar surface area (TPSA) is 95.1 Å². The Labute approximate surface area is 140 Å². The van der Waals surface area contributed by atoms with Crippen LogP contribution in [0.5, 0.6) is 0 Å². The zero-order valence-corrected chi connectivity index (χ0v) is 13.4. The minimum Gasteiger partial charge on any atom is -0.364 e. The highest BCUT2D eigenvalue weighted by Gasteiger charge is 2.29. The summed E-state index contributed by atoms with van der Waals surface area (Å²) in [6, 6.07) is 9.75. The second-order valence-electron chi connectivity index (χ2n) is 5.23. The third kappa shape index (κ3) is 4.07. The van der Waals surface area contributed by atoms with E-state index in [2.05, 4.69) is 15.5 Å². The van der Waals surface area contributed by atoms with Crippen LogP contribution in [-0.2, 0) is 16.1 Å². The Morgan fingerprint density at radius 1 is 1.35 bits per heavy atom. The van der Waals surface area contributed by atoms with Gasteiger partial charge in [-0.05, 0) is 25.0 Å². The Hall–Kier alpha value is -1.96. The van der Waals surface area contributed by atoms with Crippen LogP contribution in [-0.4, -0.2) is 39.4 Å². The predicted octanol–water partition coefficient (Wildman–Crippen LogP) is 0.812. The van der Waals surface area contributed by atoms with Crippen molar-refractivity contribution in [2.45, 2.75) is 31.6 Å². The van der Waals surface area contributed by atoms with Crippen molar-refractivity contribution in [3.63, 3.8) is 0 Å². The normalized spacial score (nSPS) is 20.0. The number of hydrogen-bond donors (Lipinski definition) is 2. The maximum Gasteiger partial charge on any atom is 0.249 e. The van der Waals surface area contributed by atoms with Crippen molar-refractivity contribution in [1.82, 2.24) is 20.1 Å². The van der Waals surface area contributed by atoms with Gasteiger partial charge in [-0.1, -0.05) is 18.2 Å². The van der Waals surface area contributed by atoms with Gasteiger partial charge in [0, 0.05) is 12.2 Å². The summed E-state index contributed by atoms with van der Waals surface area (Å²) in [5.74, 6) is 0.548. The van der Waals surface area contributed by atoms with Crippen LogP contribution in [0, 0.1) is 0 Å². The van der Waals surface area contributed by atoms with Crippen molar-refractivity contribution >= 4 is 18.3 Å². The second kappa shape index (κ2) is 8.05. The van der Waals surface area contributed by atoms with Crippen LogP contribution in [0.2, 0.25) is 0 Å². The van der Waals surface area contributed by atoms with Gasteiger partial charge in [0.05, 0.1) is 12.6 Å². The molecular formula is C15H20ClN5O2. The van der Waals surface area contributed by atoms with E-state index in [4.69, 9.17) is 10.5 Å². The molecular weight excluding hydrogens is 318 g/mol. The molecule has 3 rings (SSSR count). The van der Waals surface area contributed by atoms with Gasteiger partial charge >= 0.3 is 0 Å². The van der Waals surface area contributed by atoms with E-state index in [1.807, 2.05) is 34.9 Å². The van der Waals surface area contributed by atoms with Crippen LogP contribution in [0.3, 0.4) is 0 Å². The quantitative estimate of drug-likeness (QED) is 0.842. The lowest BCUT2D eigenvalue weighted by molar-refractivity contribution is -0.132. The number of hydrogen-bond acceptors (Lipinski definition) is 5. The van der Waals surface area contributed by atoms with Crippen LogP contribution in [0.15, 0.2) is 36.7 Å². The van der Waals surface area contributed by atoms with Gasteiger partial charge in [-0.3, -0.25) is 9.36 Å². The molecule has 124 valence electrons. The zero-order chi connectivity index (χ0) is 15.4. The summed E-state index contributed by atoms with van der Waals surface area (Å²) in [4.78, 5) is 12.1. The van der Waals surface area contributed by atoms with E-state index in [0.717, 1.165) is 12.1 Å². The molecule has 0 aliphatic carbocycles. The summed E-state index contributed by atoms with van der Waals surface area (Å²) in [6.07, 6.45) is 2.74. The van der Waals surface area contributed by atoms with E-state index in [0.29, 0.717) is 25.3 Å². The molecule has 1 aromatic heterocycles. The second-order valence-corrected chi connectivity index (χ2v) is 5.23. The van der Waals surface area contributed by atoms with Crippen LogP contribution < -0.4 is 11.1 Å². The smallest absolute Gasteiger partial charge is 0.249 e. The monoisotopic (exact) mass is 337 g/mol. The standard InChI is InChI=1S/C15H19N5O2.ClH/c16-8-12-6-7-13(22-12)15(21)17-9-14-19-18-10-20(14)11-4-2-1-3-5-11;/h1-5,10,12-13H,6-9,16H2,(H,17,21);1H/t12-,13+;/m1./s1. The van der Waals surface area contributed by atoms with Gasteiger partial charge in [-0.15, -0.1) is 22.6 Å². The molecule has 2 atom stereocenters. The molecule has 1 saturated heterocycles. The van der Waals surface area contributed by atoms with Crippen molar-refractivity contribution in [2.24, 2.45) is 5.73 Å². The molecule has 0 unspecified atom stereocenters. The molecule has 1 aliphatic heterocycles. The lowest BCUT2D eigenvalue weighted by Gasteiger charge is -2.13. The predicted molar refractivity (Wildman–Crippen MR) is 87.4 cm³/mol. The number of aromatic nitrogens is 3. The number of carbonyl (C=O) groups is 1. The molecule has 0 radical (unpaired) electrons. The fraction of sp³-hybridized carbons (Fsp3) is 0.400. The van der Waals surface area contributed by atoms with E-state index in [1.54, 1.807) is 6.33 Å². The van der Waals surface area contributed by atoms with Gasteiger partial charge in [0.25, 0.3) is 0 Å². The largest absolute Gasteiger partial charge is 0.364 e. The molecule has 2 heterocycles. The average Bonchev–Trinajstić information content (AvgIpc) is 3.22. The van der Waals surface area contributed by atoms with Gasteiger partial charge in [-0.2, -0.15) is 0 Å². The van der Waals surface area contributed by atoms with E-state index >= 15 is 0 Å². The lowest BCUT2D eigenvalue weighted by atomic mass is 10.2. The minimum atomic E-state index is -0.415. The summed E-state index contributed by atoms with van der Waals surface area (Å²) in [6.45, 7) is 0.757. The zero-order valence-electron chi connectivity index (χ0n) is 12.6. The number of benzene rings is 1. The fourth-order valence-electron chi connectivity index (χ4n) is 2.54. The number of nitrogens with zero attached hydrogens (tertiary/aromatic N) is 3. The number of nitrogens with one attached hydrogen (secondary N) is 1. The number of halogens is 1. The first-order valence-corrected chi connectivity index (χ1v) is 7.35. The van der Waals surface area contributed by atoms with E-state index in [9.17, 15) is 4.79 Å². The van der Waals surface area contributed by atoms with Crippen molar-refractivity contribution < 1.29 is 9.53 Å². The summed E-state index contributed by atoms with van der Waals surface area (Å²) in [5.41, 5.74) is 6.51.